The van der Waals surface area contributed by atoms with Crippen LogP contribution in [0.1, 0.15) is 13.8 Å². The van der Waals surface area contributed by atoms with E-state index in [9.17, 15) is 15.2 Å². The van der Waals surface area contributed by atoms with Gasteiger partial charge in [-0.1, -0.05) is 0 Å². The molecule has 2 N–H and O–H groups in total. The number of likely N-dealkylation sites (N-methyl/N-ethyl adjacent to an activating group) is 1. The number of ether oxygens (including phenoxy) is 1. The molecule has 20 heavy (non-hydrogen) atoms. The molecule has 0 bridgehead atoms. The molecule has 0 spiro atoms. The van der Waals surface area contributed by atoms with Crippen LogP contribution in [0.5, 0.6) is 5.75 Å². The number of nitrogens with zero attached hydrogens (tertiary/aromatic N) is 2. The van der Waals surface area contributed by atoms with Crippen molar-refractivity contribution in [2.24, 2.45) is 0 Å². The van der Waals surface area contributed by atoms with Crippen molar-refractivity contribution in [1.29, 1.82) is 5.26 Å². The van der Waals surface area contributed by atoms with E-state index in [1.165, 1.54) is 14.0 Å². The van der Waals surface area contributed by atoms with Crippen molar-refractivity contribution in [3.63, 3.8) is 0 Å². The van der Waals surface area contributed by atoms with Gasteiger partial charge < -0.3 is 15.2 Å². The third-order valence-corrected chi connectivity index (χ3v) is 3.17. The molecule has 6 nitrogen and oxygen atoms in total. The van der Waals surface area contributed by atoms with Crippen LogP contribution in [0.15, 0.2) is 18.2 Å². The minimum Gasteiger partial charge on any atom is -0.491 e. The molecule has 0 aliphatic carbocycles. The number of anilines is 1. The lowest BCUT2D eigenvalue weighted by Gasteiger charge is -2.28. The lowest BCUT2D eigenvalue weighted by molar-refractivity contribution is -0.114. The molecular formula is C14H20N3O3+. The summed E-state index contributed by atoms with van der Waals surface area (Å²) in [5.41, 5.74) is 1.22. The van der Waals surface area contributed by atoms with Gasteiger partial charge in [-0.15, -0.1) is 5.26 Å². The Balaban J connectivity index is 3.37. The van der Waals surface area contributed by atoms with E-state index in [-0.39, 0.29) is 23.5 Å². The number of benzene rings is 1. The fraction of sp³-hybridized carbons (Fsp3) is 0.429. The maximum Gasteiger partial charge on any atom is 0.314 e. The van der Waals surface area contributed by atoms with Gasteiger partial charge >= 0.3 is 6.19 Å². The number of nitrogens with one attached hydrogen (secondary N) is 1. The molecule has 108 valence electrons. The quantitative estimate of drug-likeness (QED) is 0.609. The first kappa shape index (κ1) is 16.0. The summed E-state index contributed by atoms with van der Waals surface area (Å²) in [7, 11) is 1.53. The van der Waals surface area contributed by atoms with Crippen molar-refractivity contribution >= 4 is 17.3 Å². The zero-order valence-corrected chi connectivity index (χ0v) is 12.0. The first-order valence-corrected chi connectivity index (χ1v) is 6.38. The van der Waals surface area contributed by atoms with Crippen LogP contribution in [0, 0.1) is 11.5 Å². The first-order chi connectivity index (χ1) is 9.52. The number of hydrogen-bond acceptors (Lipinski definition) is 4. The van der Waals surface area contributed by atoms with Crippen LogP contribution < -0.4 is 14.5 Å². The van der Waals surface area contributed by atoms with Crippen LogP contribution >= 0.6 is 0 Å². The van der Waals surface area contributed by atoms with Gasteiger partial charge in [-0.3, -0.25) is 4.79 Å². The maximum atomic E-state index is 11.1. The Morgan fingerprint density at radius 3 is 2.70 bits per heavy atom. The number of hydrogen-bond donors (Lipinski definition) is 2. The van der Waals surface area contributed by atoms with Crippen molar-refractivity contribution < 1.29 is 14.6 Å². The van der Waals surface area contributed by atoms with E-state index in [4.69, 9.17) is 4.74 Å². The molecule has 1 unspecified atom stereocenters. The Morgan fingerprint density at radius 1 is 1.55 bits per heavy atom. The van der Waals surface area contributed by atoms with Gasteiger partial charge in [0.05, 0.1) is 20.3 Å². The molecule has 0 saturated heterocycles. The predicted octanol–water partition coefficient (Wildman–Crippen LogP) is 1.45. The number of rotatable bonds is 6. The maximum absolute atomic E-state index is 11.1. The van der Waals surface area contributed by atoms with Gasteiger partial charge in [-0.25, -0.2) is 0 Å². The van der Waals surface area contributed by atoms with Gasteiger partial charge in [0.15, 0.2) is 11.4 Å². The smallest absolute Gasteiger partial charge is 0.314 e. The van der Waals surface area contributed by atoms with Crippen LogP contribution in [0.3, 0.4) is 0 Å². The molecule has 1 aromatic rings. The van der Waals surface area contributed by atoms with Crippen LogP contribution in [0.4, 0.5) is 11.4 Å². The average molecular weight is 278 g/mol. The fourth-order valence-electron chi connectivity index (χ4n) is 2.10. The van der Waals surface area contributed by atoms with Gasteiger partial charge in [-0.2, -0.15) is 4.48 Å². The Morgan fingerprint density at radius 2 is 2.25 bits per heavy atom. The summed E-state index contributed by atoms with van der Waals surface area (Å²) in [6.45, 7) is 3.91. The van der Waals surface area contributed by atoms with E-state index < -0.39 is 0 Å². The van der Waals surface area contributed by atoms with Gasteiger partial charge in [0.2, 0.25) is 5.91 Å². The van der Waals surface area contributed by atoms with E-state index in [0.29, 0.717) is 23.7 Å². The van der Waals surface area contributed by atoms with Crippen molar-refractivity contribution in [2.45, 2.75) is 13.8 Å². The SMILES string of the molecule is CC[N+](C#N)(CCO)c1cc(NC(C)=O)ccc1OC. The average Bonchev–Trinajstić information content (AvgIpc) is 2.44. The van der Waals surface area contributed by atoms with Crippen LogP contribution in [0.2, 0.25) is 0 Å². The molecule has 0 fully saturated rings. The van der Waals surface area contributed by atoms with Crippen molar-refractivity contribution in [2.75, 3.05) is 32.1 Å². The summed E-state index contributed by atoms with van der Waals surface area (Å²) in [5.74, 6) is 0.366. The number of amides is 1. The number of aliphatic hydroxyl groups excluding tert-OH is 1. The van der Waals surface area contributed by atoms with Gasteiger partial charge in [-0.05, 0) is 19.1 Å². The largest absolute Gasteiger partial charge is 0.491 e. The van der Waals surface area contributed by atoms with Crippen molar-refractivity contribution in [1.82, 2.24) is 4.48 Å². The molecular weight excluding hydrogens is 258 g/mol. The number of carbonyl (C=O) groups excluding carboxylic acids is 1. The van der Waals surface area contributed by atoms with E-state index in [1.54, 1.807) is 18.2 Å². The molecule has 0 radical (unpaired) electrons. The van der Waals surface area contributed by atoms with Crippen LogP contribution in [0.25, 0.3) is 0 Å². The minimum atomic E-state index is -0.185. The van der Waals surface area contributed by atoms with Crippen molar-refractivity contribution in [3.8, 4) is 11.9 Å². The summed E-state index contributed by atoms with van der Waals surface area (Å²) in [4.78, 5) is 11.1. The van der Waals surface area contributed by atoms with E-state index in [0.717, 1.165) is 0 Å². The normalized spacial score (nSPS) is 13.2. The Labute approximate surface area is 118 Å². The lowest BCUT2D eigenvalue weighted by atomic mass is 10.2. The Hall–Kier alpha value is -2.10. The highest BCUT2D eigenvalue weighted by Gasteiger charge is 2.33. The van der Waals surface area contributed by atoms with Gasteiger partial charge in [0.25, 0.3) is 0 Å². The minimum absolute atomic E-state index is 0.0763. The second kappa shape index (κ2) is 6.89. The highest BCUT2D eigenvalue weighted by molar-refractivity contribution is 5.89. The summed E-state index contributed by atoms with van der Waals surface area (Å²) < 4.78 is 5.22. The van der Waals surface area contributed by atoms with E-state index in [2.05, 4.69) is 11.5 Å². The lowest BCUT2D eigenvalue weighted by Crippen LogP contribution is -2.46. The molecule has 0 heterocycles. The second-order valence-corrected chi connectivity index (χ2v) is 4.40. The molecule has 1 atom stereocenters. The van der Waals surface area contributed by atoms with E-state index in [1.807, 2.05) is 6.92 Å². The molecule has 0 saturated carbocycles. The van der Waals surface area contributed by atoms with Crippen LogP contribution in [-0.2, 0) is 4.79 Å². The molecule has 0 aliphatic rings. The Kier molecular flexibility index (Phi) is 5.50. The molecule has 1 amide bonds. The van der Waals surface area contributed by atoms with Crippen LogP contribution in [-0.4, -0.2) is 37.8 Å². The zero-order chi connectivity index (χ0) is 15.2. The number of quaternary nitrogens is 1. The van der Waals surface area contributed by atoms with Crippen molar-refractivity contribution in [3.05, 3.63) is 18.2 Å². The molecule has 0 aliphatic heterocycles. The molecule has 0 aromatic heterocycles. The predicted molar refractivity (Wildman–Crippen MR) is 77.2 cm³/mol. The molecule has 1 aromatic carbocycles. The third kappa shape index (κ3) is 3.26. The molecule has 1 rings (SSSR count). The third-order valence-electron chi connectivity index (χ3n) is 3.17. The monoisotopic (exact) mass is 278 g/mol. The summed E-state index contributed by atoms with van der Waals surface area (Å²) in [6, 6.07) is 5.13. The number of aliphatic hydroxyl groups is 1. The topological polar surface area (TPSA) is 82.4 Å². The highest BCUT2D eigenvalue weighted by atomic mass is 16.5. The second-order valence-electron chi connectivity index (χ2n) is 4.40. The van der Waals surface area contributed by atoms with E-state index >= 15 is 0 Å². The summed E-state index contributed by atoms with van der Waals surface area (Å²) >= 11 is 0. The Bertz CT molecular complexity index is 525. The van der Waals surface area contributed by atoms with Gasteiger partial charge in [0, 0.05) is 18.7 Å². The number of nitriles is 1. The number of methoxy groups -OCH3 is 1. The summed E-state index contributed by atoms with van der Waals surface area (Å²) in [5, 5.41) is 21.4. The first-order valence-electron chi connectivity index (χ1n) is 6.38. The number of carbonyl (C=O) groups is 1. The summed E-state index contributed by atoms with van der Waals surface area (Å²) in [6.07, 6.45) is 2.22. The highest BCUT2D eigenvalue weighted by Crippen LogP contribution is 2.35. The fourth-order valence-corrected chi connectivity index (χ4v) is 2.10. The standard InChI is InChI=1S/C14H19N3O3/c1-4-17(10-15,7-8-18)13-9-12(16-11(2)19)5-6-14(13)20-3/h5-6,9,18H,4,7-8H2,1-3H3/p+1. The van der Waals surface area contributed by atoms with Gasteiger partial charge in [0.1, 0.15) is 6.54 Å². The molecule has 6 heteroatoms. The zero-order valence-electron chi connectivity index (χ0n) is 12.0.